The molecule has 2 saturated carbocycles. The van der Waals surface area contributed by atoms with Gasteiger partial charge >= 0.3 is 0 Å². The first-order valence-electron chi connectivity index (χ1n) is 4.65. The predicted octanol–water partition coefficient (Wildman–Crippen LogP) is 3.29. The Kier molecular flexibility index (Phi) is 20.6. The maximum absolute atomic E-state index is 3.42. The van der Waals surface area contributed by atoms with E-state index in [0.29, 0.717) is 0 Å². The van der Waals surface area contributed by atoms with Crippen LogP contribution in [-0.2, 0) is 21.7 Å². The third-order valence-corrected chi connectivity index (χ3v) is 1.35. The van der Waals surface area contributed by atoms with Crippen molar-refractivity contribution in [1.29, 1.82) is 0 Å². The first kappa shape index (κ1) is 18.1. The van der Waals surface area contributed by atoms with E-state index in [1.165, 1.54) is 0 Å². The smallest absolute Gasteiger partial charge is 0 e. The van der Waals surface area contributed by atoms with Gasteiger partial charge in [-0.25, -0.2) is 0 Å². The Morgan fingerprint density at radius 1 is 0.667 bits per heavy atom. The number of unbranched alkanes of at least 4 members (excludes halogenated alkanes) is 1. The van der Waals surface area contributed by atoms with Crippen LogP contribution >= 0.6 is 0 Å². The van der Waals surface area contributed by atoms with Crippen LogP contribution in [0.15, 0.2) is 0 Å². The Morgan fingerprint density at radius 3 is 0.867 bits per heavy atom. The van der Waals surface area contributed by atoms with Gasteiger partial charge in [0.25, 0.3) is 0 Å². The molecule has 0 unspecified atom stereocenters. The minimum Gasteiger partial charge on any atom is -0.0620 e. The molecule has 0 aromatic carbocycles. The van der Waals surface area contributed by atoms with Crippen molar-refractivity contribution >= 4 is 0 Å². The van der Waals surface area contributed by atoms with Gasteiger partial charge < -0.3 is 0 Å². The van der Waals surface area contributed by atoms with Crippen LogP contribution in [0.4, 0.5) is 0 Å². The van der Waals surface area contributed by atoms with Crippen LogP contribution in [-0.4, -0.2) is 0 Å². The molecule has 2 fully saturated rings. The van der Waals surface area contributed by atoms with Gasteiger partial charge in [0.15, 0.2) is 0 Å². The van der Waals surface area contributed by atoms with E-state index in [1.807, 2.05) is 77.6 Å². The second-order valence-corrected chi connectivity index (χ2v) is 2.49. The molecule has 0 bridgehead atoms. The monoisotopic (exact) mass is 233 g/mol. The normalized spacial score (nSPS) is 18.0. The molecule has 0 amide bonds. The summed E-state index contributed by atoms with van der Waals surface area (Å²) < 4.78 is 0. The third kappa shape index (κ3) is 17.3. The second kappa shape index (κ2) is 17.1. The molecule has 0 aliphatic heterocycles. The molecule has 0 spiro atoms. The van der Waals surface area contributed by atoms with Crippen molar-refractivity contribution in [2.24, 2.45) is 0 Å². The predicted molar refractivity (Wildman–Crippen MR) is 62.6 cm³/mol. The van der Waals surface area contributed by atoms with E-state index in [4.69, 9.17) is 0 Å². The summed E-state index contributed by atoms with van der Waals surface area (Å²) in [6.07, 6.45) is 23.6. The Balaban J connectivity index is 0. The summed E-state index contributed by atoms with van der Waals surface area (Å²) in [4.78, 5) is 0. The molecule has 13 radical (unpaired) electrons. The number of rotatable bonds is 1. The zero-order valence-electron chi connectivity index (χ0n) is 9.14. The molecule has 1 heteroatoms. The molecule has 2 aliphatic carbocycles. The first-order chi connectivity index (χ1) is 6.91. The van der Waals surface area contributed by atoms with E-state index in [2.05, 4.69) is 6.92 Å². The third-order valence-electron chi connectivity index (χ3n) is 1.35. The molecular formula is C14H17Ti. The molecule has 77 valence electrons. The SMILES string of the molecule is [CH2][CH][CH]C.[CH]1[CH][CH][CH][CH]1.[CH]1[CH][CH][CH][CH]1.[Ti]. The fourth-order valence-electron chi connectivity index (χ4n) is 0.642. The number of hydrogen-bond donors (Lipinski definition) is 0. The van der Waals surface area contributed by atoms with Crippen LogP contribution in [0.5, 0.6) is 0 Å². The summed E-state index contributed by atoms with van der Waals surface area (Å²) in [7, 11) is 0. The molecule has 0 atom stereocenters. The van der Waals surface area contributed by atoms with Crippen LogP contribution in [0.3, 0.4) is 0 Å². The van der Waals surface area contributed by atoms with Crippen molar-refractivity contribution in [3.05, 3.63) is 84.0 Å². The average molecular weight is 233 g/mol. The van der Waals surface area contributed by atoms with E-state index in [0.717, 1.165) is 0 Å². The van der Waals surface area contributed by atoms with Crippen molar-refractivity contribution < 1.29 is 21.7 Å². The molecule has 2 rings (SSSR count). The Labute approximate surface area is 112 Å². The minimum absolute atomic E-state index is 0. The van der Waals surface area contributed by atoms with Crippen molar-refractivity contribution in [1.82, 2.24) is 0 Å². The van der Waals surface area contributed by atoms with Crippen LogP contribution in [0, 0.1) is 84.0 Å². The van der Waals surface area contributed by atoms with Gasteiger partial charge in [-0.05, 0) is 84.0 Å². The van der Waals surface area contributed by atoms with E-state index in [-0.39, 0.29) is 21.7 Å². The van der Waals surface area contributed by atoms with Gasteiger partial charge in [-0.2, -0.15) is 0 Å². The molecule has 0 aromatic rings. The first-order valence-corrected chi connectivity index (χ1v) is 4.65. The van der Waals surface area contributed by atoms with Crippen molar-refractivity contribution in [2.75, 3.05) is 0 Å². The molecule has 0 saturated heterocycles. The summed E-state index contributed by atoms with van der Waals surface area (Å²) in [5.74, 6) is 0. The van der Waals surface area contributed by atoms with Crippen LogP contribution in [0.1, 0.15) is 6.92 Å². The van der Waals surface area contributed by atoms with Gasteiger partial charge in [0.2, 0.25) is 0 Å². The van der Waals surface area contributed by atoms with Crippen molar-refractivity contribution in [3.63, 3.8) is 0 Å². The van der Waals surface area contributed by atoms with Crippen LogP contribution in [0.25, 0.3) is 0 Å². The summed E-state index contributed by atoms with van der Waals surface area (Å²) in [6.45, 7) is 5.36. The Morgan fingerprint density at radius 2 is 0.800 bits per heavy atom. The largest absolute Gasteiger partial charge is 0.0620 e. The average Bonchev–Trinajstić information content (AvgIpc) is 2.94. The van der Waals surface area contributed by atoms with Gasteiger partial charge in [-0.15, -0.1) is 0 Å². The summed E-state index contributed by atoms with van der Waals surface area (Å²) in [5.41, 5.74) is 0. The molecule has 15 heavy (non-hydrogen) atoms. The molecular weight excluding hydrogens is 216 g/mol. The van der Waals surface area contributed by atoms with Gasteiger partial charge in [0.05, 0.1) is 0 Å². The molecule has 0 nitrogen and oxygen atoms in total. The Bertz CT molecular complexity index is 56.1. The quantitative estimate of drug-likeness (QED) is 0.609. The summed E-state index contributed by atoms with van der Waals surface area (Å²) in [6, 6.07) is 0. The maximum atomic E-state index is 3.42. The van der Waals surface area contributed by atoms with Gasteiger partial charge in [-0.3, -0.25) is 0 Å². The Hall–Kier alpha value is 0.714. The zero-order chi connectivity index (χ0) is 10.5. The van der Waals surface area contributed by atoms with E-state index >= 15 is 0 Å². The van der Waals surface area contributed by atoms with Crippen molar-refractivity contribution in [3.8, 4) is 0 Å². The number of hydrogen-bond acceptors (Lipinski definition) is 0. The van der Waals surface area contributed by atoms with Crippen LogP contribution in [0.2, 0.25) is 0 Å². The fourth-order valence-corrected chi connectivity index (χ4v) is 0.642. The zero-order valence-corrected chi connectivity index (χ0v) is 10.7. The maximum Gasteiger partial charge on any atom is 0 e. The molecule has 0 aromatic heterocycles. The van der Waals surface area contributed by atoms with E-state index in [9.17, 15) is 0 Å². The van der Waals surface area contributed by atoms with E-state index in [1.54, 1.807) is 6.42 Å². The molecule has 0 heterocycles. The summed E-state index contributed by atoms with van der Waals surface area (Å²) >= 11 is 0. The van der Waals surface area contributed by atoms with Crippen LogP contribution < -0.4 is 0 Å². The molecule has 0 N–H and O–H groups in total. The standard InChI is InChI=1S/2C5H5.C4H7.Ti/c2*1-2-4-5-3-1;1-3-4-2;/h2*1-5H;3-4H,1H2,2H3;. The fraction of sp³-hybridized carbons (Fsp3) is 0.0714. The van der Waals surface area contributed by atoms with Gasteiger partial charge in [0, 0.05) is 21.7 Å². The van der Waals surface area contributed by atoms with E-state index < -0.39 is 0 Å². The second-order valence-electron chi connectivity index (χ2n) is 2.49. The molecule has 2 aliphatic rings. The van der Waals surface area contributed by atoms with Gasteiger partial charge in [0.1, 0.15) is 0 Å². The minimum atomic E-state index is 0. The van der Waals surface area contributed by atoms with Gasteiger partial charge in [-0.1, -0.05) is 6.92 Å². The van der Waals surface area contributed by atoms with Crippen molar-refractivity contribution in [2.45, 2.75) is 6.92 Å². The summed E-state index contributed by atoms with van der Waals surface area (Å²) in [5, 5.41) is 0. The topological polar surface area (TPSA) is 0 Å².